The SMILES string of the molecule is NC(Cc1ccc(Oc2ccc([N+](=O)[O-])cn2)cc1)C(=O)N1CCCC1C(F)(F)F. The van der Waals surface area contributed by atoms with Crippen molar-refractivity contribution in [3.05, 3.63) is 58.3 Å². The average Bonchev–Trinajstić information content (AvgIpc) is 3.19. The molecule has 8 nitrogen and oxygen atoms in total. The van der Waals surface area contributed by atoms with E-state index in [0.717, 1.165) is 11.1 Å². The standard InChI is InChI=1S/C19H19F3N4O4/c20-19(21,22)16-2-1-9-25(16)18(27)15(23)10-12-3-6-14(7-4-12)30-17-8-5-13(11-24-17)26(28)29/h3-8,11,15-16H,1-2,9-10,23H2. The van der Waals surface area contributed by atoms with Crippen LogP contribution >= 0.6 is 0 Å². The Morgan fingerprint density at radius 3 is 2.57 bits per heavy atom. The molecular weight excluding hydrogens is 405 g/mol. The molecule has 1 fully saturated rings. The third kappa shape index (κ3) is 5.03. The molecular formula is C19H19F3N4O4. The summed E-state index contributed by atoms with van der Waals surface area (Å²) in [6, 6.07) is 6.20. The van der Waals surface area contributed by atoms with Crippen LogP contribution in [-0.4, -0.2) is 45.5 Å². The second-order valence-corrected chi connectivity index (χ2v) is 6.90. The van der Waals surface area contributed by atoms with Crippen molar-refractivity contribution in [3.8, 4) is 11.6 Å². The number of rotatable bonds is 6. The van der Waals surface area contributed by atoms with E-state index in [-0.39, 0.29) is 31.0 Å². The second-order valence-electron chi connectivity index (χ2n) is 6.90. The molecule has 1 saturated heterocycles. The summed E-state index contributed by atoms with van der Waals surface area (Å²) >= 11 is 0. The normalized spacial score (nSPS) is 17.6. The van der Waals surface area contributed by atoms with Crippen LogP contribution in [-0.2, 0) is 11.2 Å². The number of benzene rings is 1. The first-order valence-corrected chi connectivity index (χ1v) is 9.15. The maximum atomic E-state index is 13.1. The molecule has 0 saturated carbocycles. The fourth-order valence-corrected chi connectivity index (χ4v) is 3.28. The van der Waals surface area contributed by atoms with Gasteiger partial charge in [-0.15, -0.1) is 0 Å². The Balaban J connectivity index is 1.59. The molecule has 2 heterocycles. The molecule has 0 spiro atoms. The number of aromatic nitrogens is 1. The van der Waals surface area contributed by atoms with E-state index in [1.54, 1.807) is 24.3 Å². The third-order valence-corrected chi connectivity index (χ3v) is 4.76. The number of nitro groups is 1. The smallest absolute Gasteiger partial charge is 0.408 e. The van der Waals surface area contributed by atoms with E-state index in [1.165, 1.54) is 12.1 Å². The van der Waals surface area contributed by atoms with Crippen LogP contribution in [0.5, 0.6) is 11.6 Å². The van der Waals surface area contributed by atoms with E-state index < -0.39 is 29.1 Å². The largest absolute Gasteiger partial charge is 0.439 e. The Morgan fingerprint density at radius 1 is 1.30 bits per heavy atom. The van der Waals surface area contributed by atoms with Crippen LogP contribution in [0, 0.1) is 10.1 Å². The number of nitrogens with two attached hydrogens (primary N) is 1. The van der Waals surface area contributed by atoms with Crippen molar-refractivity contribution in [2.45, 2.75) is 37.5 Å². The zero-order valence-electron chi connectivity index (χ0n) is 15.7. The lowest BCUT2D eigenvalue weighted by Gasteiger charge is -2.28. The Kier molecular flexibility index (Phi) is 6.20. The number of hydrogen-bond acceptors (Lipinski definition) is 6. The monoisotopic (exact) mass is 424 g/mol. The van der Waals surface area contributed by atoms with Gasteiger partial charge in [0.25, 0.3) is 5.69 Å². The molecule has 1 amide bonds. The number of hydrogen-bond donors (Lipinski definition) is 1. The molecule has 160 valence electrons. The number of ether oxygens (including phenoxy) is 1. The van der Waals surface area contributed by atoms with E-state index >= 15 is 0 Å². The first-order chi connectivity index (χ1) is 14.1. The fourth-order valence-electron chi connectivity index (χ4n) is 3.28. The van der Waals surface area contributed by atoms with Crippen LogP contribution in [0.4, 0.5) is 18.9 Å². The van der Waals surface area contributed by atoms with E-state index in [0.29, 0.717) is 17.7 Å². The topological polar surface area (TPSA) is 112 Å². The van der Waals surface area contributed by atoms with Gasteiger partial charge in [-0.3, -0.25) is 14.9 Å². The van der Waals surface area contributed by atoms with Crippen molar-refractivity contribution in [1.82, 2.24) is 9.88 Å². The molecule has 1 aliphatic heterocycles. The summed E-state index contributed by atoms with van der Waals surface area (Å²) in [5, 5.41) is 10.6. The Morgan fingerprint density at radius 2 is 2.00 bits per heavy atom. The minimum atomic E-state index is -4.46. The van der Waals surface area contributed by atoms with Gasteiger partial charge in [0.05, 0.1) is 11.0 Å². The number of nitrogens with zero attached hydrogens (tertiary/aromatic N) is 3. The Labute approximate surface area is 169 Å². The minimum absolute atomic E-state index is 0.0473. The lowest BCUT2D eigenvalue weighted by atomic mass is 10.0. The number of amides is 1. The van der Waals surface area contributed by atoms with Gasteiger partial charge in [0.2, 0.25) is 11.8 Å². The number of carbonyl (C=O) groups is 1. The predicted molar refractivity (Wildman–Crippen MR) is 99.9 cm³/mol. The lowest BCUT2D eigenvalue weighted by Crippen LogP contribution is -2.51. The van der Waals surface area contributed by atoms with Gasteiger partial charge < -0.3 is 15.4 Å². The second kappa shape index (κ2) is 8.66. The summed E-state index contributed by atoms with van der Waals surface area (Å²) in [7, 11) is 0. The summed E-state index contributed by atoms with van der Waals surface area (Å²) < 4.78 is 44.7. The lowest BCUT2D eigenvalue weighted by molar-refractivity contribution is -0.385. The Hall–Kier alpha value is -3.21. The fraction of sp³-hybridized carbons (Fsp3) is 0.368. The molecule has 1 aromatic carbocycles. The van der Waals surface area contributed by atoms with Crippen LogP contribution in [0.1, 0.15) is 18.4 Å². The van der Waals surface area contributed by atoms with Gasteiger partial charge in [0.15, 0.2) is 0 Å². The van der Waals surface area contributed by atoms with Gasteiger partial charge in [0.1, 0.15) is 18.0 Å². The molecule has 11 heteroatoms. The molecule has 2 aromatic rings. The van der Waals surface area contributed by atoms with Crippen molar-refractivity contribution in [1.29, 1.82) is 0 Å². The highest BCUT2D eigenvalue weighted by Gasteiger charge is 2.48. The molecule has 1 aliphatic rings. The van der Waals surface area contributed by atoms with Crippen molar-refractivity contribution in [2.75, 3.05) is 6.54 Å². The molecule has 0 radical (unpaired) electrons. The van der Waals surface area contributed by atoms with Gasteiger partial charge in [-0.25, -0.2) is 4.98 Å². The third-order valence-electron chi connectivity index (χ3n) is 4.76. The van der Waals surface area contributed by atoms with Gasteiger partial charge in [-0.1, -0.05) is 12.1 Å². The van der Waals surface area contributed by atoms with E-state index in [9.17, 15) is 28.1 Å². The molecule has 2 atom stereocenters. The summed E-state index contributed by atoms with van der Waals surface area (Å²) in [6.45, 7) is 0.0473. The number of halogens is 3. The van der Waals surface area contributed by atoms with E-state index in [2.05, 4.69) is 4.98 Å². The maximum absolute atomic E-state index is 13.1. The van der Waals surface area contributed by atoms with Crippen LogP contribution in [0.15, 0.2) is 42.6 Å². The summed E-state index contributed by atoms with van der Waals surface area (Å²) in [5.41, 5.74) is 6.37. The highest BCUT2D eigenvalue weighted by molar-refractivity contribution is 5.82. The molecule has 1 aromatic heterocycles. The van der Waals surface area contributed by atoms with E-state index in [4.69, 9.17) is 10.5 Å². The van der Waals surface area contributed by atoms with Crippen LogP contribution < -0.4 is 10.5 Å². The summed E-state index contributed by atoms with van der Waals surface area (Å²) in [5.74, 6) is -0.158. The molecule has 30 heavy (non-hydrogen) atoms. The van der Waals surface area contributed by atoms with Crippen LogP contribution in [0.25, 0.3) is 0 Å². The minimum Gasteiger partial charge on any atom is -0.439 e. The average molecular weight is 424 g/mol. The quantitative estimate of drug-likeness (QED) is 0.563. The molecule has 2 N–H and O–H groups in total. The van der Waals surface area contributed by atoms with Crippen molar-refractivity contribution in [3.63, 3.8) is 0 Å². The van der Waals surface area contributed by atoms with Gasteiger partial charge in [0, 0.05) is 18.7 Å². The van der Waals surface area contributed by atoms with Gasteiger partial charge in [-0.05, 0) is 37.0 Å². The molecule has 0 aliphatic carbocycles. The molecule has 0 bridgehead atoms. The van der Waals surface area contributed by atoms with E-state index in [1.807, 2.05) is 0 Å². The first kappa shape index (κ1) is 21.5. The van der Waals surface area contributed by atoms with Crippen molar-refractivity contribution < 1.29 is 27.6 Å². The maximum Gasteiger partial charge on any atom is 0.408 e. The van der Waals surface area contributed by atoms with Crippen molar-refractivity contribution in [2.24, 2.45) is 5.73 Å². The van der Waals surface area contributed by atoms with Crippen molar-refractivity contribution >= 4 is 11.6 Å². The number of likely N-dealkylation sites (tertiary alicyclic amines) is 1. The Bertz CT molecular complexity index is 903. The van der Waals surface area contributed by atoms with Gasteiger partial charge >= 0.3 is 6.18 Å². The summed E-state index contributed by atoms with van der Waals surface area (Å²) in [4.78, 5) is 27.1. The highest BCUT2D eigenvalue weighted by Crippen LogP contribution is 2.33. The zero-order chi connectivity index (χ0) is 21.9. The van der Waals surface area contributed by atoms with Gasteiger partial charge in [-0.2, -0.15) is 13.2 Å². The highest BCUT2D eigenvalue weighted by atomic mass is 19.4. The molecule has 2 unspecified atom stereocenters. The number of alkyl halides is 3. The number of pyridine rings is 1. The zero-order valence-corrected chi connectivity index (χ0v) is 15.7. The predicted octanol–water partition coefficient (Wildman–Crippen LogP) is 3.21. The van der Waals surface area contributed by atoms with Crippen LogP contribution in [0.3, 0.4) is 0 Å². The van der Waals surface area contributed by atoms with Crippen LogP contribution in [0.2, 0.25) is 0 Å². The summed E-state index contributed by atoms with van der Waals surface area (Å²) in [6.07, 6.45) is -3.12. The molecule has 3 rings (SSSR count). The number of carbonyl (C=O) groups excluding carboxylic acids is 1. The first-order valence-electron chi connectivity index (χ1n) is 9.15.